The van der Waals surface area contributed by atoms with Gasteiger partial charge < -0.3 is 15.5 Å². The molecule has 7 heteroatoms. The summed E-state index contributed by atoms with van der Waals surface area (Å²) < 4.78 is 0. The highest BCUT2D eigenvalue weighted by Gasteiger charge is 2.17. The summed E-state index contributed by atoms with van der Waals surface area (Å²) in [7, 11) is 3.59. The van der Waals surface area contributed by atoms with E-state index in [9.17, 15) is 9.59 Å². The highest BCUT2D eigenvalue weighted by atomic mass is 35.5. The fraction of sp³-hybridized carbons (Fsp3) is 0.250. The minimum absolute atomic E-state index is 0. The van der Waals surface area contributed by atoms with Crippen LogP contribution in [0.3, 0.4) is 0 Å². The number of halogens is 1. The molecule has 2 rings (SSSR count). The molecule has 0 spiro atoms. The number of nitrogens with zero attached hydrogens (tertiary/aromatic N) is 1. The highest BCUT2D eigenvalue weighted by Crippen LogP contribution is 2.19. The van der Waals surface area contributed by atoms with Crippen LogP contribution in [-0.2, 0) is 0 Å². The Morgan fingerprint density at radius 2 is 1.91 bits per heavy atom. The summed E-state index contributed by atoms with van der Waals surface area (Å²) in [6.45, 7) is 1.31. The number of amides is 2. The van der Waals surface area contributed by atoms with E-state index in [1.54, 1.807) is 42.3 Å². The van der Waals surface area contributed by atoms with Gasteiger partial charge in [-0.3, -0.25) is 9.59 Å². The SMILES string of the molecule is CNCCN(C)C(=O)c1ccccc1NC(=O)c1cccs1.Cl. The zero-order valence-corrected chi connectivity index (χ0v) is 14.7. The van der Waals surface area contributed by atoms with Gasteiger partial charge in [-0.05, 0) is 30.6 Å². The van der Waals surface area contributed by atoms with Crippen molar-refractivity contribution in [3.63, 3.8) is 0 Å². The third kappa shape index (κ3) is 5.06. The van der Waals surface area contributed by atoms with Crippen LogP contribution >= 0.6 is 23.7 Å². The van der Waals surface area contributed by atoms with E-state index < -0.39 is 0 Å². The standard InChI is InChI=1S/C16H19N3O2S.ClH/c1-17-9-10-19(2)16(21)12-6-3-4-7-13(12)18-15(20)14-8-5-11-22-14;/h3-8,11,17H,9-10H2,1-2H3,(H,18,20);1H. The average Bonchev–Trinajstić information content (AvgIpc) is 3.07. The van der Waals surface area contributed by atoms with Crippen LogP contribution in [0.1, 0.15) is 20.0 Å². The Bertz CT molecular complexity index is 647. The first kappa shape index (κ1) is 19.2. The van der Waals surface area contributed by atoms with Crippen molar-refractivity contribution < 1.29 is 9.59 Å². The van der Waals surface area contributed by atoms with Crippen LogP contribution in [0.2, 0.25) is 0 Å². The molecule has 124 valence electrons. The molecule has 23 heavy (non-hydrogen) atoms. The van der Waals surface area contributed by atoms with E-state index in [2.05, 4.69) is 10.6 Å². The average molecular weight is 354 g/mol. The number of thiophene rings is 1. The third-order valence-corrected chi connectivity index (χ3v) is 4.06. The number of para-hydroxylation sites is 1. The molecule has 0 fully saturated rings. The Morgan fingerprint density at radius 3 is 2.57 bits per heavy atom. The van der Waals surface area contributed by atoms with Crippen LogP contribution in [0.4, 0.5) is 5.69 Å². The van der Waals surface area contributed by atoms with Gasteiger partial charge in [-0.25, -0.2) is 0 Å². The normalized spacial score (nSPS) is 9.83. The minimum atomic E-state index is -0.201. The van der Waals surface area contributed by atoms with Crippen molar-refractivity contribution in [3.05, 3.63) is 52.2 Å². The Balaban J connectivity index is 0.00000264. The second-order valence-electron chi connectivity index (χ2n) is 4.81. The number of carbonyl (C=O) groups excluding carboxylic acids is 2. The van der Waals surface area contributed by atoms with Crippen molar-refractivity contribution in [1.29, 1.82) is 0 Å². The van der Waals surface area contributed by atoms with Crippen LogP contribution in [0.5, 0.6) is 0 Å². The first-order valence-corrected chi connectivity index (χ1v) is 7.85. The highest BCUT2D eigenvalue weighted by molar-refractivity contribution is 7.12. The summed E-state index contributed by atoms with van der Waals surface area (Å²) >= 11 is 1.37. The smallest absolute Gasteiger partial charge is 0.265 e. The molecule has 0 saturated carbocycles. The summed E-state index contributed by atoms with van der Waals surface area (Å²) in [4.78, 5) is 26.9. The van der Waals surface area contributed by atoms with Crippen molar-refractivity contribution in [2.75, 3.05) is 32.5 Å². The van der Waals surface area contributed by atoms with Crippen LogP contribution in [0.25, 0.3) is 0 Å². The van der Waals surface area contributed by atoms with Gasteiger partial charge in [0.2, 0.25) is 0 Å². The molecule has 1 heterocycles. The lowest BCUT2D eigenvalue weighted by Crippen LogP contribution is -2.33. The molecule has 1 aromatic heterocycles. The molecule has 2 amide bonds. The monoisotopic (exact) mass is 353 g/mol. The van der Waals surface area contributed by atoms with E-state index in [4.69, 9.17) is 0 Å². The molecular formula is C16H20ClN3O2S. The van der Waals surface area contributed by atoms with Crippen molar-refractivity contribution in [3.8, 4) is 0 Å². The maximum atomic E-state index is 12.5. The number of hydrogen-bond donors (Lipinski definition) is 2. The van der Waals surface area contributed by atoms with Gasteiger partial charge in [0.25, 0.3) is 11.8 Å². The van der Waals surface area contributed by atoms with E-state index in [0.717, 1.165) is 0 Å². The molecule has 0 unspecified atom stereocenters. The maximum absolute atomic E-state index is 12.5. The van der Waals surface area contributed by atoms with Gasteiger partial charge in [-0.1, -0.05) is 18.2 Å². The third-order valence-electron chi connectivity index (χ3n) is 3.19. The van der Waals surface area contributed by atoms with E-state index in [1.807, 2.05) is 18.5 Å². The Morgan fingerprint density at radius 1 is 1.17 bits per heavy atom. The van der Waals surface area contributed by atoms with Gasteiger partial charge >= 0.3 is 0 Å². The summed E-state index contributed by atoms with van der Waals surface area (Å²) in [5.74, 6) is -0.314. The Hall–Kier alpha value is -1.89. The number of likely N-dealkylation sites (N-methyl/N-ethyl adjacent to an activating group) is 2. The number of benzene rings is 1. The minimum Gasteiger partial charge on any atom is -0.340 e. The van der Waals surface area contributed by atoms with Gasteiger partial charge in [0.05, 0.1) is 16.1 Å². The summed E-state index contributed by atoms with van der Waals surface area (Å²) in [6, 6.07) is 10.6. The molecule has 0 bridgehead atoms. The van der Waals surface area contributed by atoms with Crippen LogP contribution < -0.4 is 10.6 Å². The Kier molecular flexibility index (Phi) is 7.74. The lowest BCUT2D eigenvalue weighted by Gasteiger charge is -2.19. The largest absolute Gasteiger partial charge is 0.340 e. The number of rotatable bonds is 6. The van der Waals surface area contributed by atoms with Gasteiger partial charge in [-0.2, -0.15) is 0 Å². The van der Waals surface area contributed by atoms with Gasteiger partial charge in [0.15, 0.2) is 0 Å². The number of carbonyl (C=O) groups is 2. The van der Waals surface area contributed by atoms with E-state index in [-0.39, 0.29) is 24.2 Å². The topological polar surface area (TPSA) is 61.4 Å². The zero-order valence-electron chi connectivity index (χ0n) is 13.0. The second kappa shape index (κ2) is 9.29. The maximum Gasteiger partial charge on any atom is 0.265 e. The summed E-state index contributed by atoms with van der Waals surface area (Å²) in [6.07, 6.45) is 0. The van der Waals surface area contributed by atoms with Crippen molar-refractivity contribution in [1.82, 2.24) is 10.2 Å². The first-order chi connectivity index (χ1) is 10.6. The van der Waals surface area contributed by atoms with E-state index >= 15 is 0 Å². The fourth-order valence-electron chi connectivity index (χ4n) is 1.96. The van der Waals surface area contributed by atoms with Crippen LogP contribution in [0, 0.1) is 0 Å². The predicted molar refractivity (Wildman–Crippen MR) is 96.8 cm³/mol. The molecule has 0 aliphatic heterocycles. The zero-order chi connectivity index (χ0) is 15.9. The number of nitrogens with one attached hydrogen (secondary N) is 2. The quantitative estimate of drug-likeness (QED) is 0.839. The molecule has 0 saturated heterocycles. The molecule has 0 radical (unpaired) electrons. The van der Waals surface area contributed by atoms with Crippen LogP contribution in [-0.4, -0.2) is 43.9 Å². The van der Waals surface area contributed by atoms with Crippen LogP contribution in [0.15, 0.2) is 41.8 Å². The predicted octanol–water partition coefficient (Wildman–Crippen LogP) is 2.71. The van der Waals surface area contributed by atoms with Gasteiger partial charge in [-0.15, -0.1) is 23.7 Å². The van der Waals surface area contributed by atoms with Gasteiger partial charge in [0.1, 0.15) is 0 Å². The van der Waals surface area contributed by atoms with Crippen molar-refractivity contribution in [2.24, 2.45) is 0 Å². The second-order valence-corrected chi connectivity index (χ2v) is 5.75. The lowest BCUT2D eigenvalue weighted by molar-refractivity contribution is 0.0798. The molecule has 0 atom stereocenters. The molecule has 1 aromatic carbocycles. The van der Waals surface area contributed by atoms with Gasteiger partial charge in [0, 0.05) is 20.1 Å². The van der Waals surface area contributed by atoms with Crippen molar-refractivity contribution in [2.45, 2.75) is 0 Å². The first-order valence-electron chi connectivity index (χ1n) is 6.97. The molecule has 0 aliphatic carbocycles. The summed E-state index contributed by atoms with van der Waals surface area (Å²) in [5.41, 5.74) is 1.02. The van der Waals surface area contributed by atoms with E-state index in [1.165, 1.54) is 11.3 Å². The number of anilines is 1. The molecule has 2 N–H and O–H groups in total. The fourth-order valence-corrected chi connectivity index (χ4v) is 2.58. The summed E-state index contributed by atoms with van der Waals surface area (Å²) in [5, 5.41) is 7.67. The molecule has 2 aromatic rings. The van der Waals surface area contributed by atoms with Crippen molar-refractivity contribution >= 4 is 41.2 Å². The molecule has 5 nitrogen and oxygen atoms in total. The van der Waals surface area contributed by atoms with E-state index in [0.29, 0.717) is 29.2 Å². The Labute approximate surface area is 146 Å². The lowest BCUT2D eigenvalue weighted by atomic mass is 10.1. The molecular weight excluding hydrogens is 334 g/mol. The number of hydrogen-bond acceptors (Lipinski definition) is 4. The molecule has 0 aliphatic rings.